The zero-order valence-electron chi connectivity index (χ0n) is 14.7. The molecule has 2 N–H and O–H groups in total. The molecular weight excluding hydrogens is 417 g/mol. The second kappa shape index (κ2) is 10.3. The Bertz CT molecular complexity index is 797. The predicted molar refractivity (Wildman–Crippen MR) is 101 cm³/mol. The fourth-order valence-electron chi connectivity index (χ4n) is 1.90. The van der Waals surface area contributed by atoms with Crippen LogP contribution in [0.1, 0.15) is 26.2 Å². The molecule has 0 aliphatic heterocycles. The van der Waals surface area contributed by atoms with Crippen LogP contribution >= 0.6 is 23.1 Å². The second-order valence-electron chi connectivity index (χ2n) is 5.43. The van der Waals surface area contributed by atoms with Gasteiger partial charge in [0.2, 0.25) is 16.9 Å². The van der Waals surface area contributed by atoms with E-state index in [9.17, 15) is 22.8 Å². The van der Waals surface area contributed by atoms with Crippen molar-refractivity contribution in [1.82, 2.24) is 10.2 Å². The van der Waals surface area contributed by atoms with E-state index < -0.39 is 6.36 Å². The highest BCUT2D eigenvalue weighted by Gasteiger charge is 2.30. The summed E-state index contributed by atoms with van der Waals surface area (Å²) in [5.74, 6) is -0.843. The Morgan fingerprint density at radius 2 is 1.86 bits per heavy atom. The normalized spacial score (nSPS) is 11.1. The molecule has 28 heavy (non-hydrogen) atoms. The summed E-state index contributed by atoms with van der Waals surface area (Å²) in [6, 6.07) is 4.82. The van der Waals surface area contributed by atoms with E-state index in [1.54, 1.807) is 0 Å². The zero-order chi connectivity index (χ0) is 20.6. The van der Waals surface area contributed by atoms with Gasteiger partial charge in [0, 0.05) is 12.1 Å². The van der Waals surface area contributed by atoms with Crippen molar-refractivity contribution in [1.29, 1.82) is 0 Å². The predicted octanol–water partition coefficient (Wildman–Crippen LogP) is 4.30. The molecule has 12 heteroatoms. The van der Waals surface area contributed by atoms with Crippen molar-refractivity contribution in [2.45, 2.75) is 36.9 Å². The highest BCUT2D eigenvalue weighted by atomic mass is 32.2. The van der Waals surface area contributed by atoms with Gasteiger partial charge in [-0.3, -0.25) is 9.59 Å². The first-order valence-electron chi connectivity index (χ1n) is 8.17. The minimum atomic E-state index is -4.77. The van der Waals surface area contributed by atoms with Gasteiger partial charge in [-0.15, -0.1) is 23.4 Å². The van der Waals surface area contributed by atoms with Crippen LogP contribution in [0, 0.1) is 0 Å². The molecule has 0 fully saturated rings. The number of unbranched alkanes of at least 4 members (excludes halogenated alkanes) is 1. The Balaban J connectivity index is 1.77. The van der Waals surface area contributed by atoms with Crippen molar-refractivity contribution in [2.24, 2.45) is 0 Å². The van der Waals surface area contributed by atoms with Crippen molar-refractivity contribution in [3.63, 3.8) is 0 Å². The third-order valence-electron chi connectivity index (χ3n) is 3.11. The number of alkyl halides is 3. The van der Waals surface area contributed by atoms with Crippen molar-refractivity contribution < 1.29 is 27.5 Å². The summed E-state index contributed by atoms with van der Waals surface area (Å²) in [5, 5.41) is 13.3. The maximum Gasteiger partial charge on any atom is 0.573 e. The van der Waals surface area contributed by atoms with E-state index in [4.69, 9.17) is 0 Å². The molecular formula is C16H17F3N4O3S2. The Morgan fingerprint density at radius 3 is 2.50 bits per heavy atom. The van der Waals surface area contributed by atoms with Crippen molar-refractivity contribution >= 4 is 45.7 Å². The number of thioether (sulfide) groups is 1. The number of carbonyl (C=O) groups excluding carboxylic acids is 2. The molecule has 0 unspecified atom stereocenters. The summed E-state index contributed by atoms with van der Waals surface area (Å²) in [6.45, 7) is 1.99. The van der Waals surface area contributed by atoms with E-state index >= 15 is 0 Å². The summed E-state index contributed by atoms with van der Waals surface area (Å²) in [4.78, 5) is 23.6. The molecule has 1 aromatic heterocycles. The van der Waals surface area contributed by atoms with Crippen molar-refractivity contribution in [3.05, 3.63) is 24.3 Å². The quantitative estimate of drug-likeness (QED) is 0.452. The fraction of sp³-hybridized carbons (Fsp3) is 0.375. The van der Waals surface area contributed by atoms with Crippen LogP contribution in [0.4, 0.5) is 24.0 Å². The molecule has 2 rings (SSSR count). The second-order valence-corrected chi connectivity index (χ2v) is 7.63. The van der Waals surface area contributed by atoms with Crippen LogP contribution < -0.4 is 15.4 Å². The lowest BCUT2D eigenvalue weighted by Crippen LogP contribution is -2.17. The first-order chi connectivity index (χ1) is 13.2. The number of hydrogen-bond acceptors (Lipinski definition) is 7. The van der Waals surface area contributed by atoms with Gasteiger partial charge in [0.15, 0.2) is 4.34 Å². The number of rotatable bonds is 9. The Kier molecular flexibility index (Phi) is 8.05. The molecule has 1 aromatic carbocycles. The number of nitrogens with one attached hydrogen (secondary N) is 2. The molecule has 0 atom stereocenters. The van der Waals surface area contributed by atoms with Crippen LogP contribution in [0.15, 0.2) is 28.6 Å². The fourth-order valence-corrected chi connectivity index (χ4v) is 3.47. The van der Waals surface area contributed by atoms with Crippen LogP contribution in [-0.4, -0.2) is 34.1 Å². The molecule has 152 valence electrons. The van der Waals surface area contributed by atoms with Gasteiger partial charge in [-0.2, -0.15) is 0 Å². The van der Waals surface area contributed by atoms with Crippen LogP contribution in [-0.2, 0) is 9.59 Å². The molecule has 0 aliphatic rings. The molecule has 0 aliphatic carbocycles. The number of hydrogen-bond donors (Lipinski definition) is 2. The molecule has 2 amide bonds. The Hall–Kier alpha value is -2.34. The SMILES string of the molecule is CCCCC(=O)Nc1nnc(SCC(=O)Nc2ccc(OC(F)(F)F)cc2)s1. The van der Waals surface area contributed by atoms with Gasteiger partial charge < -0.3 is 15.4 Å². The first-order valence-corrected chi connectivity index (χ1v) is 9.97. The van der Waals surface area contributed by atoms with Crippen molar-refractivity contribution in [2.75, 3.05) is 16.4 Å². The van der Waals surface area contributed by atoms with Gasteiger partial charge in [0.25, 0.3) is 0 Å². The molecule has 0 bridgehead atoms. The molecule has 0 spiro atoms. The number of halogens is 3. The minimum absolute atomic E-state index is 0.0270. The van der Waals surface area contributed by atoms with Crippen LogP contribution in [0.2, 0.25) is 0 Å². The monoisotopic (exact) mass is 434 g/mol. The van der Waals surface area contributed by atoms with E-state index in [1.165, 1.54) is 12.1 Å². The summed E-state index contributed by atoms with van der Waals surface area (Å²) in [6.07, 6.45) is -2.65. The van der Waals surface area contributed by atoms with E-state index in [2.05, 4.69) is 25.6 Å². The number of benzene rings is 1. The number of amides is 2. The number of carbonyl (C=O) groups is 2. The maximum absolute atomic E-state index is 12.1. The average Bonchev–Trinajstić information content (AvgIpc) is 3.06. The molecule has 0 saturated heterocycles. The maximum atomic E-state index is 12.1. The van der Waals surface area contributed by atoms with Gasteiger partial charge in [-0.1, -0.05) is 36.4 Å². The van der Waals surface area contributed by atoms with E-state index in [1.807, 2.05) is 6.92 Å². The number of aromatic nitrogens is 2. The third kappa shape index (κ3) is 8.13. The Morgan fingerprint density at radius 1 is 1.14 bits per heavy atom. The summed E-state index contributed by atoms with van der Waals surface area (Å²) in [5.41, 5.74) is 0.335. The summed E-state index contributed by atoms with van der Waals surface area (Å²) < 4.78 is 40.6. The smallest absolute Gasteiger partial charge is 0.406 e. The third-order valence-corrected chi connectivity index (χ3v) is 5.08. The number of ether oxygens (including phenoxy) is 1. The van der Waals surface area contributed by atoms with Crippen LogP contribution in [0.5, 0.6) is 5.75 Å². The average molecular weight is 434 g/mol. The van der Waals surface area contributed by atoms with Gasteiger partial charge in [0.05, 0.1) is 5.75 Å². The highest BCUT2D eigenvalue weighted by molar-refractivity contribution is 8.01. The molecule has 2 aromatic rings. The highest BCUT2D eigenvalue weighted by Crippen LogP contribution is 2.26. The van der Waals surface area contributed by atoms with Gasteiger partial charge in [-0.05, 0) is 30.7 Å². The lowest BCUT2D eigenvalue weighted by molar-refractivity contribution is -0.274. The molecule has 1 heterocycles. The summed E-state index contributed by atoms with van der Waals surface area (Å²) in [7, 11) is 0. The number of nitrogens with zero attached hydrogens (tertiary/aromatic N) is 2. The van der Waals surface area contributed by atoms with Crippen LogP contribution in [0.3, 0.4) is 0 Å². The van der Waals surface area contributed by atoms with Crippen molar-refractivity contribution in [3.8, 4) is 5.75 Å². The van der Waals surface area contributed by atoms with Gasteiger partial charge in [-0.25, -0.2) is 0 Å². The summed E-state index contributed by atoms with van der Waals surface area (Å²) >= 11 is 2.29. The standard InChI is InChI=1S/C16H17F3N4O3S2/c1-2-3-4-12(24)21-14-22-23-15(28-14)27-9-13(25)20-10-5-7-11(8-6-10)26-16(17,18)19/h5-8H,2-4,9H2,1H3,(H,20,25)(H,21,22,24). The van der Waals surface area contributed by atoms with E-state index in [0.29, 0.717) is 21.6 Å². The van der Waals surface area contributed by atoms with Gasteiger partial charge >= 0.3 is 6.36 Å². The molecule has 7 nitrogen and oxygen atoms in total. The largest absolute Gasteiger partial charge is 0.573 e. The molecule has 0 radical (unpaired) electrons. The topological polar surface area (TPSA) is 93.2 Å². The van der Waals surface area contributed by atoms with E-state index in [-0.39, 0.29) is 23.3 Å². The lowest BCUT2D eigenvalue weighted by Gasteiger charge is -2.09. The number of anilines is 2. The minimum Gasteiger partial charge on any atom is -0.406 e. The molecule has 0 saturated carbocycles. The van der Waals surface area contributed by atoms with Gasteiger partial charge in [0.1, 0.15) is 5.75 Å². The lowest BCUT2D eigenvalue weighted by atomic mass is 10.2. The van der Waals surface area contributed by atoms with Crippen LogP contribution in [0.25, 0.3) is 0 Å². The van der Waals surface area contributed by atoms with E-state index in [0.717, 1.165) is 48.1 Å². The Labute approximate surface area is 167 Å². The first kappa shape index (κ1) is 22.0. The zero-order valence-corrected chi connectivity index (χ0v) is 16.3.